The number of nitrogen functional groups attached to an aromatic ring is 1. The van der Waals surface area contributed by atoms with Crippen LogP contribution < -0.4 is 10.5 Å². The second kappa shape index (κ2) is 3.98. The predicted molar refractivity (Wildman–Crippen MR) is 56.6 cm³/mol. The topological polar surface area (TPSA) is 101 Å². The second-order valence-corrected chi connectivity index (χ2v) is 3.50. The molecule has 0 amide bonds. The molecule has 0 unspecified atom stereocenters. The fraction of sp³-hybridized carbons (Fsp3) is 0.333. The summed E-state index contributed by atoms with van der Waals surface area (Å²) in [6.07, 6.45) is 3.33. The molecule has 2 N–H and O–H groups in total. The highest BCUT2D eigenvalue weighted by molar-refractivity contribution is 5.24. The van der Waals surface area contributed by atoms with Crippen LogP contribution in [-0.2, 0) is 4.74 Å². The van der Waals surface area contributed by atoms with Crippen LogP contribution in [0.25, 0.3) is 5.95 Å². The van der Waals surface area contributed by atoms with Crippen LogP contribution in [0, 0.1) is 0 Å². The molecule has 0 radical (unpaired) electrons. The van der Waals surface area contributed by atoms with Gasteiger partial charge >= 0.3 is 6.01 Å². The van der Waals surface area contributed by atoms with E-state index in [9.17, 15) is 0 Å². The van der Waals surface area contributed by atoms with Gasteiger partial charge in [-0.3, -0.25) is 0 Å². The van der Waals surface area contributed by atoms with Crippen molar-refractivity contribution < 1.29 is 9.47 Å². The zero-order valence-corrected chi connectivity index (χ0v) is 8.85. The summed E-state index contributed by atoms with van der Waals surface area (Å²) in [5, 5.41) is 4.01. The first-order valence-electron chi connectivity index (χ1n) is 5.07. The molecule has 0 aliphatic carbocycles. The molecule has 88 valence electrons. The van der Waals surface area contributed by atoms with E-state index in [2.05, 4.69) is 20.1 Å². The highest BCUT2D eigenvalue weighted by atomic mass is 16.6. The lowest BCUT2D eigenvalue weighted by Crippen LogP contribution is -2.39. The molecule has 8 nitrogen and oxygen atoms in total. The number of nitrogens with zero attached hydrogens (tertiary/aromatic N) is 5. The maximum atomic E-state index is 5.59. The van der Waals surface area contributed by atoms with Crippen molar-refractivity contribution in [2.75, 3.05) is 18.9 Å². The number of hydrogen-bond donors (Lipinski definition) is 1. The number of rotatable bonds is 3. The highest BCUT2D eigenvalue weighted by Crippen LogP contribution is 2.13. The highest BCUT2D eigenvalue weighted by Gasteiger charge is 2.22. The normalized spacial score (nSPS) is 15.5. The molecule has 1 aliphatic rings. The Bertz CT molecular complexity index is 510. The van der Waals surface area contributed by atoms with Gasteiger partial charge in [-0.2, -0.15) is 20.1 Å². The van der Waals surface area contributed by atoms with Gasteiger partial charge in [-0.1, -0.05) is 0 Å². The lowest BCUT2D eigenvalue weighted by atomic mass is 10.3. The standard InChI is InChI=1S/C9H10N6O2/c10-7-12-8(15-3-1-2-11-15)14-9(13-7)17-6-4-16-5-6/h1-3,6H,4-5H2,(H2,10,12,13,14). The van der Waals surface area contributed by atoms with Gasteiger partial charge in [0.15, 0.2) is 0 Å². The third kappa shape index (κ3) is 2.02. The van der Waals surface area contributed by atoms with Crippen LogP contribution >= 0.6 is 0 Å². The minimum Gasteiger partial charge on any atom is -0.455 e. The summed E-state index contributed by atoms with van der Waals surface area (Å²) in [5.74, 6) is 0.429. The van der Waals surface area contributed by atoms with E-state index >= 15 is 0 Å². The first-order chi connectivity index (χ1) is 8.31. The summed E-state index contributed by atoms with van der Waals surface area (Å²) in [4.78, 5) is 12.0. The summed E-state index contributed by atoms with van der Waals surface area (Å²) >= 11 is 0. The van der Waals surface area contributed by atoms with Gasteiger partial charge in [0.05, 0.1) is 13.2 Å². The number of nitrogens with two attached hydrogens (primary N) is 1. The smallest absolute Gasteiger partial charge is 0.323 e. The van der Waals surface area contributed by atoms with E-state index in [1.165, 1.54) is 4.68 Å². The summed E-state index contributed by atoms with van der Waals surface area (Å²) in [6, 6.07) is 1.96. The zero-order valence-electron chi connectivity index (χ0n) is 8.85. The van der Waals surface area contributed by atoms with E-state index in [0.717, 1.165) is 0 Å². The van der Waals surface area contributed by atoms with Crippen molar-refractivity contribution in [1.82, 2.24) is 24.7 Å². The molecule has 3 rings (SSSR count). The van der Waals surface area contributed by atoms with Crippen molar-refractivity contribution in [2.45, 2.75) is 6.10 Å². The van der Waals surface area contributed by atoms with Crippen molar-refractivity contribution in [2.24, 2.45) is 0 Å². The Balaban J connectivity index is 1.89. The molecule has 8 heteroatoms. The molecule has 0 saturated carbocycles. The van der Waals surface area contributed by atoms with Gasteiger partial charge in [0.1, 0.15) is 6.10 Å². The van der Waals surface area contributed by atoms with Crippen LogP contribution in [0.4, 0.5) is 5.95 Å². The molecule has 0 bridgehead atoms. The van der Waals surface area contributed by atoms with Gasteiger partial charge in [-0.15, -0.1) is 0 Å². The van der Waals surface area contributed by atoms with Crippen LogP contribution in [0.5, 0.6) is 6.01 Å². The zero-order chi connectivity index (χ0) is 11.7. The fourth-order valence-electron chi connectivity index (χ4n) is 1.33. The number of hydrogen-bond acceptors (Lipinski definition) is 7. The number of aromatic nitrogens is 5. The molecule has 0 aromatic carbocycles. The summed E-state index contributed by atoms with van der Waals surface area (Å²) in [7, 11) is 0. The predicted octanol–water partition coefficient (Wildman–Crippen LogP) is -0.583. The van der Waals surface area contributed by atoms with Gasteiger partial charge < -0.3 is 15.2 Å². The second-order valence-electron chi connectivity index (χ2n) is 3.50. The lowest BCUT2D eigenvalue weighted by molar-refractivity contribution is -0.0831. The molecule has 1 fully saturated rings. The molecule has 0 spiro atoms. The molecule has 3 heterocycles. The molecule has 17 heavy (non-hydrogen) atoms. The first-order valence-corrected chi connectivity index (χ1v) is 5.07. The molecular formula is C9H10N6O2. The Morgan fingerprint density at radius 1 is 1.35 bits per heavy atom. The summed E-state index contributed by atoms with van der Waals surface area (Å²) in [6.45, 7) is 1.09. The van der Waals surface area contributed by atoms with Gasteiger partial charge in [0, 0.05) is 12.4 Å². The molecule has 1 saturated heterocycles. The van der Waals surface area contributed by atoms with Crippen LogP contribution in [0.1, 0.15) is 0 Å². The third-order valence-corrected chi connectivity index (χ3v) is 2.21. The number of anilines is 1. The fourth-order valence-corrected chi connectivity index (χ4v) is 1.33. The van der Waals surface area contributed by atoms with E-state index in [0.29, 0.717) is 19.2 Å². The van der Waals surface area contributed by atoms with Crippen LogP contribution in [0.2, 0.25) is 0 Å². The molecular weight excluding hydrogens is 224 g/mol. The van der Waals surface area contributed by atoms with Crippen molar-refractivity contribution in [3.63, 3.8) is 0 Å². The molecule has 1 aliphatic heterocycles. The Hall–Kier alpha value is -2.22. The van der Waals surface area contributed by atoms with E-state index in [-0.39, 0.29) is 18.1 Å². The van der Waals surface area contributed by atoms with Gasteiger partial charge in [-0.05, 0) is 6.07 Å². The largest absolute Gasteiger partial charge is 0.455 e. The average Bonchev–Trinajstić information content (AvgIpc) is 2.76. The van der Waals surface area contributed by atoms with Crippen molar-refractivity contribution in [1.29, 1.82) is 0 Å². The Labute approximate surface area is 96.4 Å². The van der Waals surface area contributed by atoms with E-state index in [4.69, 9.17) is 15.2 Å². The summed E-state index contributed by atoms with van der Waals surface area (Å²) in [5.41, 5.74) is 5.59. The Morgan fingerprint density at radius 2 is 2.24 bits per heavy atom. The average molecular weight is 234 g/mol. The molecule has 2 aromatic rings. The van der Waals surface area contributed by atoms with Gasteiger partial charge in [-0.25, -0.2) is 4.68 Å². The van der Waals surface area contributed by atoms with Crippen LogP contribution in [0.3, 0.4) is 0 Å². The molecule has 0 atom stereocenters. The Morgan fingerprint density at radius 3 is 2.88 bits per heavy atom. The van der Waals surface area contributed by atoms with Crippen LogP contribution in [0.15, 0.2) is 18.5 Å². The van der Waals surface area contributed by atoms with Gasteiger partial charge in [0.25, 0.3) is 5.95 Å². The quantitative estimate of drug-likeness (QED) is 0.757. The maximum Gasteiger partial charge on any atom is 0.323 e. The maximum absolute atomic E-state index is 5.59. The minimum atomic E-state index is -0.0118. The molecule has 2 aromatic heterocycles. The SMILES string of the molecule is Nc1nc(OC2COC2)nc(-n2cccn2)n1. The van der Waals surface area contributed by atoms with Crippen molar-refractivity contribution >= 4 is 5.95 Å². The van der Waals surface area contributed by atoms with Gasteiger partial charge in [0.2, 0.25) is 5.95 Å². The third-order valence-electron chi connectivity index (χ3n) is 2.21. The van der Waals surface area contributed by atoms with E-state index in [1.54, 1.807) is 18.5 Å². The number of ether oxygens (including phenoxy) is 2. The lowest BCUT2D eigenvalue weighted by Gasteiger charge is -2.25. The first kappa shape index (κ1) is 9.97. The summed E-state index contributed by atoms with van der Waals surface area (Å²) < 4.78 is 11.9. The Kier molecular flexibility index (Phi) is 2.33. The van der Waals surface area contributed by atoms with Crippen molar-refractivity contribution in [3.8, 4) is 12.0 Å². The van der Waals surface area contributed by atoms with E-state index in [1.807, 2.05) is 0 Å². The van der Waals surface area contributed by atoms with Crippen molar-refractivity contribution in [3.05, 3.63) is 18.5 Å². The monoisotopic (exact) mass is 234 g/mol. The van der Waals surface area contributed by atoms with Crippen LogP contribution in [-0.4, -0.2) is 44.1 Å². The minimum absolute atomic E-state index is 0.0118. The van der Waals surface area contributed by atoms with E-state index < -0.39 is 0 Å².